The summed E-state index contributed by atoms with van der Waals surface area (Å²) in [6, 6.07) is -0.242. The molecule has 0 radical (unpaired) electrons. The highest BCUT2D eigenvalue weighted by molar-refractivity contribution is 7.09. The second-order valence-electron chi connectivity index (χ2n) is 4.01. The molecular formula is C11H18N2O2S. The molecule has 0 spiro atoms. The summed E-state index contributed by atoms with van der Waals surface area (Å²) in [6.45, 7) is 4.78. The van der Waals surface area contributed by atoms with Gasteiger partial charge in [-0.05, 0) is 12.3 Å². The van der Waals surface area contributed by atoms with Crippen LogP contribution in [0.1, 0.15) is 25.3 Å². The number of esters is 1. The number of methoxy groups -OCH3 is 1. The lowest BCUT2D eigenvalue weighted by Crippen LogP contribution is -2.38. The first kappa shape index (κ1) is 13.1. The molecule has 0 aliphatic rings. The molecule has 1 N–H and O–H groups in total. The standard InChI is InChI=1S/C11H18N2O2S/c1-8(2)6-9(11(14)15-3)13-7-10-12-4-5-16-10/h4-5,8-9,13H,6-7H2,1-3H3. The van der Waals surface area contributed by atoms with Crippen LogP contribution in [0, 0.1) is 5.92 Å². The molecule has 1 rings (SSSR count). The predicted molar refractivity (Wildman–Crippen MR) is 64.2 cm³/mol. The first-order valence-electron chi connectivity index (χ1n) is 5.33. The zero-order valence-electron chi connectivity index (χ0n) is 9.90. The van der Waals surface area contributed by atoms with Gasteiger partial charge in [0.25, 0.3) is 0 Å². The maximum atomic E-state index is 11.5. The van der Waals surface area contributed by atoms with E-state index in [0.717, 1.165) is 11.4 Å². The Balaban J connectivity index is 2.46. The topological polar surface area (TPSA) is 51.2 Å². The molecule has 0 amide bonds. The number of nitrogens with zero attached hydrogens (tertiary/aromatic N) is 1. The molecule has 0 aliphatic heterocycles. The maximum Gasteiger partial charge on any atom is 0.322 e. The third kappa shape index (κ3) is 4.28. The Morgan fingerprint density at radius 2 is 2.38 bits per heavy atom. The number of carbonyl (C=O) groups excluding carboxylic acids is 1. The fraction of sp³-hybridized carbons (Fsp3) is 0.636. The number of nitrogens with one attached hydrogen (secondary N) is 1. The normalized spacial score (nSPS) is 12.8. The SMILES string of the molecule is COC(=O)C(CC(C)C)NCc1nccs1. The van der Waals surface area contributed by atoms with E-state index in [4.69, 9.17) is 4.74 Å². The molecular weight excluding hydrogens is 224 g/mol. The van der Waals surface area contributed by atoms with Crippen LogP contribution in [0.3, 0.4) is 0 Å². The minimum atomic E-state index is -0.242. The van der Waals surface area contributed by atoms with Crippen LogP contribution in [-0.2, 0) is 16.1 Å². The monoisotopic (exact) mass is 242 g/mol. The minimum absolute atomic E-state index is 0.203. The lowest BCUT2D eigenvalue weighted by atomic mass is 10.0. The zero-order valence-corrected chi connectivity index (χ0v) is 10.7. The molecule has 16 heavy (non-hydrogen) atoms. The Bertz CT molecular complexity index is 312. The molecule has 1 heterocycles. The van der Waals surface area contributed by atoms with Crippen LogP contribution in [0.5, 0.6) is 0 Å². The van der Waals surface area contributed by atoms with Crippen molar-refractivity contribution in [2.45, 2.75) is 32.9 Å². The lowest BCUT2D eigenvalue weighted by molar-refractivity contribution is -0.143. The number of hydrogen-bond donors (Lipinski definition) is 1. The Hall–Kier alpha value is -0.940. The van der Waals surface area contributed by atoms with E-state index < -0.39 is 0 Å². The van der Waals surface area contributed by atoms with E-state index in [1.165, 1.54) is 7.11 Å². The number of thiazole rings is 1. The van der Waals surface area contributed by atoms with Crippen LogP contribution in [0.2, 0.25) is 0 Å². The van der Waals surface area contributed by atoms with Gasteiger partial charge in [0, 0.05) is 18.1 Å². The fourth-order valence-corrected chi connectivity index (χ4v) is 1.99. The van der Waals surface area contributed by atoms with Gasteiger partial charge in [-0.1, -0.05) is 13.8 Å². The van der Waals surface area contributed by atoms with Crippen molar-refractivity contribution in [2.24, 2.45) is 5.92 Å². The van der Waals surface area contributed by atoms with Crippen LogP contribution < -0.4 is 5.32 Å². The summed E-state index contributed by atoms with van der Waals surface area (Å²) >= 11 is 1.58. The molecule has 1 unspecified atom stereocenters. The summed E-state index contributed by atoms with van der Waals surface area (Å²) in [5.74, 6) is 0.248. The molecule has 5 heteroatoms. The van der Waals surface area contributed by atoms with Gasteiger partial charge in [-0.25, -0.2) is 4.98 Å². The van der Waals surface area contributed by atoms with Crippen LogP contribution >= 0.6 is 11.3 Å². The van der Waals surface area contributed by atoms with E-state index in [9.17, 15) is 4.79 Å². The van der Waals surface area contributed by atoms with Crippen molar-refractivity contribution in [3.63, 3.8) is 0 Å². The van der Waals surface area contributed by atoms with Crippen LogP contribution in [0.15, 0.2) is 11.6 Å². The van der Waals surface area contributed by atoms with Crippen LogP contribution in [0.4, 0.5) is 0 Å². The highest BCUT2D eigenvalue weighted by Crippen LogP contribution is 2.09. The largest absolute Gasteiger partial charge is 0.468 e. The van der Waals surface area contributed by atoms with E-state index in [-0.39, 0.29) is 12.0 Å². The van der Waals surface area contributed by atoms with E-state index in [1.54, 1.807) is 17.5 Å². The molecule has 0 aliphatic carbocycles. The van der Waals surface area contributed by atoms with E-state index in [0.29, 0.717) is 12.5 Å². The van der Waals surface area contributed by atoms with Gasteiger partial charge < -0.3 is 4.74 Å². The summed E-state index contributed by atoms with van der Waals surface area (Å²) in [7, 11) is 1.42. The highest BCUT2D eigenvalue weighted by Gasteiger charge is 2.19. The van der Waals surface area contributed by atoms with Crippen LogP contribution in [0.25, 0.3) is 0 Å². The Morgan fingerprint density at radius 1 is 1.62 bits per heavy atom. The highest BCUT2D eigenvalue weighted by atomic mass is 32.1. The third-order valence-electron chi connectivity index (χ3n) is 2.18. The van der Waals surface area contributed by atoms with E-state index in [1.807, 2.05) is 5.38 Å². The molecule has 0 aromatic carbocycles. The number of carbonyl (C=O) groups is 1. The van der Waals surface area contributed by atoms with Crippen molar-refractivity contribution in [2.75, 3.05) is 7.11 Å². The zero-order chi connectivity index (χ0) is 12.0. The van der Waals surface area contributed by atoms with Gasteiger partial charge in [0.2, 0.25) is 0 Å². The average Bonchev–Trinajstić information content (AvgIpc) is 2.75. The molecule has 0 fully saturated rings. The molecule has 1 aromatic heterocycles. The lowest BCUT2D eigenvalue weighted by Gasteiger charge is -2.17. The van der Waals surface area contributed by atoms with Gasteiger partial charge in [0.1, 0.15) is 11.0 Å². The second kappa shape index (κ2) is 6.60. The maximum absolute atomic E-state index is 11.5. The molecule has 0 saturated carbocycles. The van der Waals surface area contributed by atoms with Gasteiger partial charge in [0.15, 0.2) is 0 Å². The van der Waals surface area contributed by atoms with Crippen molar-refractivity contribution in [3.05, 3.63) is 16.6 Å². The molecule has 1 aromatic rings. The number of ether oxygens (including phenoxy) is 1. The molecule has 90 valence electrons. The molecule has 1 atom stereocenters. The smallest absolute Gasteiger partial charge is 0.322 e. The van der Waals surface area contributed by atoms with Crippen molar-refractivity contribution in [3.8, 4) is 0 Å². The summed E-state index contributed by atoms with van der Waals surface area (Å²) in [4.78, 5) is 15.7. The van der Waals surface area contributed by atoms with E-state index in [2.05, 4.69) is 24.1 Å². The first-order chi connectivity index (χ1) is 7.63. The summed E-state index contributed by atoms with van der Waals surface area (Å²) in [5.41, 5.74) is 0. The Labute approximate surface area is 100 Å². The summed E-state index contributed by atoms with van der Waals surface area (Å²) < 4.78 is 4.76. The minimum Gasteiger partial charge on any atom is -0.468 e. The molecule has 0 saturated heterocycles. The first-order valence-corrected chi connectivity index (χ1v) is 6.21. The van der Waals surface area contributed by atoms with Crippen molar-refractivity contribution >= 4 is 17.3 Å². The van der Waals surface area contributed by atoms with Gasteiger partial charge in [0.05, 0.1) is 7.11 Å². The van der Waals surface area contributed by atoms with Crippen molar-refractivity contribution < 1.29 is 9.53 Å². The van der Waals surface area contributed by atoms with Gasteiger partial charge >= 0.3 is 5.97 Å². The number of hydrogen-bond acceptors (Lipinski definition) is 5. The molecule has 0 bridgehead atoms. The van der Waals surface area contributed by atoms with Crippen LogP contribution in [-0.4, -0.2) is 24.1 Å². The third-order valence-corrected chi connectivity index (χ3v) is 2.96. The van der Waals surface area contributed by atoms with Gasteiger partial charge in [-0.2, -0.15) is 0 Å². The molecule has 4 nitrogen and oxygen atoms in total. The Morgan fingerprint density at radius 3 is 2.88 bits per heavy atom. The summed E-state index contributed by atoms with van der Waals surface area (Å²) in [5, 5.41) is 6.08. The second-order valence-corrected chi connectivity index (χ2v) is 4.99. The predicted octanol–water partition coefficient (Wildman–Crippen LogP) is 1.82. The Kier molecular flexibility index (Phi) is 5.42. The van der Waals surface area contributed by atoms with Gasteiger partial charge in [-0.15, -0.1) is 11.3 Å². The van der Waals surface area contributed by atoms with Gasteiger partial charge in [-0.3, -0.25) is 10.1 Å². The van der Waals surface area contributed by atoms with Crippen molar-refractivity contribution in [1.29, 1.82) is 0 Å². The van der Waals surface area contributed by atoms with Crippen molar-refractivity contribution in [1.82, 2.24) is 10.3 Å². The summed E-state index contributed by atoms with van der Waals surface area (Å²) in [6.07, 6.45) is 2.54. The fourth-order valence-electron chi connectivity index (χ4n) is 1.43. The average molecular weight is 242 g/mol. The quantitative estimate of drug-likeness (QED) is 0.773. The number of rotatable bonds is 6. The van der Waals surface area contributed by atoms with E-state index >= 15 is 0 Å². The number of aromatic nitrogens is 1.